The largest absolute Gasteiger partial charge is 0.330 e. The fourth-order valence-electron chi connectivity index (χ4n) is 2.69. The number of nitrogens with zero attached hydrogens (tertiary/aromatic N) is 1. The van der Waals surface area contributed by atoms with Gasteiger partial charge in [0.05, 0.1) is 0 Å². The van der Waals surface area contributed by atoms with E-state index >= 15 is 0 Å². The van der Waals surface area contributed by atoms with Gasteiger partial charge in [-0.3, -0.25) is 4.90 Å². The first-order valence-corrected chi connectivity index (χ1v) is 5.88. The molecule has 0 aromatic carbocycles. The van der Waals surface area contributed by atoms with E-state index in [2.05, 4.69) is 17.1 Å². The molecule has 0 aromatic heterocycles. The van der Waals surface area contributed by atoms with Crippen LogP contribution in [0.2, 0.25) is 0 Å². The molecule has 2 heterocycles. The molecule has 2 aliphatic heterocycles. The van der Waals surface area contributed by atoms with Crippen LogP contribution in [0.4, 0.5) is 0 Å². The van der Waals surface area contributed by atoms with E-state index in [-0.39, 0.29) is 12.4 Å². The fourth-order valence-corrected chi connectivity index (χ4v) is 2.69. The molecule has 3 N–H and O–H groups in total. The maximum absolute atomic E-state index is 5.82. The fraction of sp³-hybridized carbons (Fsp3) is 1.00. The van der Waals surface area contributed by atoms with Gasteiger partial charge in [0.2, 0.25) is 0 Å². The molecule has 0 saturated carbocycles. The average molecular weight is 234 g/mol. The Morgan fingerprint density at radius 3 is 2.87 bits per heavy atom. The SMILES string of the molecule is CC1(CN)CCN(C2CCCNC2)C1.Cl. The molecule has 0 bridgehead atoms. The lowest BCUT2D eigenvalue weighted by molar-refractivity contribution is 0.182. The van der Waals surface area contributed by atoms with Crippen LogP contribution in [0.15, 0.2) is 0 Å². The van der Waals surface area contributed by atoms with Crippen LogP contribution in [0.25, 0.3) is 0 Å². The van der Waals surface area contributed by atoms with Gasteiger partial charge in [0.1, 0.15) is 0 Å². The van der Waals surface area contributed by atoms with Crippen molar-refractivity contribution in [1.29, 1.82) is 0 Å². The minimum Gasteiger partial charge on any atom is -0.330 e. The van der Waals surface area contributed by atoms with Gasteiger partial charge < -0.3 is 11.1 Å². The Hall–Kier alpha value is 0.170. The summed E-state index contributed by atoms with van der Waals surface area (Å²) in [6, 6.07) is 0.775. The standard InChI is InChI=1S/C11H23N3.ClH/c1-11(8-12)4-6-14(9-11)10-3-2-5-13-7-10;/h10,13H,2-9,12H2,1H3;1H. The molecule has 0 spiro atoms. The quantitative estimate of drug-likeness (QED) is 0.743. The smallest absolute Gasteiger partial charge is 0.0221 e. The zero-order valence-corrected chi connectivity index (χ0v) is 10.5. The Morgan fingerprint density at radius 2 is 2.33 bits per heavy atom. The second-order valence-corrected chi connectivity index (χ2v) is 5.24. The van der Waals surface area contributed by atoms with Crippen LogP contribution < -0.4 is 11.1 Å². The van der Waals surface area contributed by atoms with Crippen LogP contribution in [0.1, 0.15) is 26.2 Å². The lowest BCUT2D eigenvalue weighted by Crippen LogP contribution is -2.46. The molecule has 2 rings (SSSR count). The predicted octanol–water partition coefficient (Wildman–Crippen LogP) is 0.831. The van der Waals surface area contributed by atoms with Gasteiger partial charge in [0, 0.05) is 19.1 Å². The van der Waals surface area contributed by atoms with E-state index in [1.807, 2.05) is 0 Å². The van der Waals surface area contributed by atoms with Gasteiger partial charge >= 0.3 is 0 Å². The average Bonchev–Trinajstić information content (AvgIpc) is 2.63. The Bertz CT molecular complexity index is 194. The highest BCUT2D eigenvalue weighted by Crippen LogP contribution is 2.30. The van der Waals surface area contributed by atoms with Gasteiger partial charge in [-0.2, -0.15) is 0 Å². The highest BCUT2D eigenvalue weighted by atomic mass is 35.5. The highest BCUT2D eigenvalue weighted by Gasteiger charge is 2.35. The van der Waals surface area contributed by atoms with E-state index in [1.165, 1.54) is 45.4 Å². The summed E-state index contributed by atoms with van der Waals surface area (Å²) in [7, 11) is 0. The summed E-state index contributed by atoms with van der Waals surface area (Å²) in [4.78, 5) is 2.64. The molecular weight excluding hydrogens is 210 g/mol. The Kier molecular flexibility index (Phi) is 4.84. The van der Waals surface area contributed by atoms with Gasteiger partial charge in [-0.15, -0.1) is 12.4 Å². The van der Waals surface area contributed by atoms with Gasteiger partial charge in [0.15, 0.2) is 0 Å². The van der Waals surface area contributed by atoms with Gasteiger partial charge in [-0.25, -0.2) is 0 Å². The Morgan fingerprint density at radius 1 is 1.53 bits per heavy atom. The summed E-state index contributed by atoms with van der Waals surface area (Å²) >= 11 is 0. The van der Waals surface area contributed by atoms with Crippen molar-refractivity contribution in [2.45, 2.75) is 32.2 Å². The summed E-state index contributed by atoms with van der Waals surface area (Å²) in [5.41, 5.74) is 6.20. The number of rotatable bonds is 2. The van der Waals surface area contributed by atoms with Gasteiger partial charge in [0.25, 0.3) is 0 Å². The summed E-state index contributed by atoms with van der Waals surface area (Å²) < 4.78 is 0. The number of hydrogen-bond donors (Lipinski definition) is 2. The summed E-state index contributed by atoms with van der Waals surface area (Å²) in [6.07, 6.45) is 3.98. The van der Waals surface area contributed by atoms with Crippen molar-refractivity contribution in [1.82, 2.24) is 10.2 Å². The molecule has 0 amide bonds. The number of halogens is 1. The third kappa shape index (κ3) is 3.06. The molecule has 0 aromatic rings. The molecule has 15 heavy (non-hydrogen) atoms. The Labute approximate surface area is 99.2 Å². The van der Waals surface area contributed by atoms with Crippen LogP contribution in [0.5, 0.6) is 0 Å². The summed E-state index contributed by atoms with van der Waals surface area (Å²) in [5, 5.41) is 3.48. The first-order valence-electron chi connectivity index (χ1n) is 5.88. The van der Waals surface area contributed by atoms with Crippen molar-refractivity contribution in [3.63, 3.8) is 0 Å². The number of nitrogens with two attached hydrogens (primary N) is 1. The van der Waals surface area contributed by atoms with E-state index in [1.54, 1.807) is 0 Å². The minimum atomic E-state index is 0. The number of likely N-dealkylation sites (tertiary alicyclic amines) is 1. The lowest BCUT2D eigenvalue weighted by Gasteiger charge is -2.32. The van der Waals surface area contributed by atoms with E-state index < -0.39 is 0 Å². The first kappa shape index (κ1) is 13.2. The van der Waals surface area contributed by atoms with Crippen LogP contribution in [0.3, 0.4) is 0 Å². The minimum absolute atomic E-state index is 0. The van der Waals surface area contributed by atoms with Crippen LogP contribution in [0, 0.1) is 5.41 Å². The molecule has 3 nitrogen and oxygen atoms in total. The maximum atomic E-state index is 5.82. The van der Waals surface area contributed by atoms with Gasteiger partial charge in [-0.05, 0) is 44.3 Å². The van der Waals surface area contributed by atoms with Crippen LogP contribution in [-0.4, -0.2) is 43.7 Å². The predicted molar refractivity (Wildman–Crippen MR) is 66.5 cm³/mol. The monoisotopic (exact) mass is 233 g/mol. The second-order valence-electron chi connectivity index (χ2n) is 5.24. The molecule has 90 valence electrons. The van der Waals surface area contributed by atoms with Gasteiger partial charge in [-0.1, -0.05) is 6.92 Å². The van der Waals surface area contributed by atoms with E-state index in [0.717, 1.165) is 12.6 Å². The zero-order chi connectivity index (χ0) is 10.0. The number of nitrogens with one attached hydrogen (secondary N) is 1. The first-order chi connectivity index (χ1) is 6.73. The van der Waals surface area contributed by atoms with E-state index in [4.69, 9.17) is 5.73 Å². The Balaban J connectivity index is 0.00000112. The van der Waals surface area contributed by atoms with Crippen LogP contribution in [-0.2, 0) is 0 Å². The van der Waals surface area contributed by atoms with Crippen molar-refractivity contribution in [2.75, 3.05) is 32.7 Å². The van der Waals surface area contributed by atoms with E-state index in [0.29, 0.717) is 5.41 Å². The number of piperidine rings is 1. The van der Waals surface area contributed by atoms with Crippen molar-refractivity contribution in [3.05, 3.63) is 0 Å². The summed E-state index contributed by atoms with van der Waals surface area (Å²) in [5.74, 6) is 0. The van der Waals surface area contributed by atoms with Crippen molar-refractivity contribution in [2.24, 2.45) is 11.1 Å². The van der Waals surface area contributed by atoms with Crippen molar-refractivity contribution in [3.8, 4) is 0 Å². The second kappa shape index (κ2) is 5.48. The van der Waals surface area contributed by atoms with E-state index in [9.17, 15) is 0 Å². The maximum Gasteiger partial charge on any atom is 0.0221 e. The van der Waals surface area contributed by atoms with Crippen LogP contribution >= 0.6 is 12.4 Å². The molecule has 2 atom stereocenters. The lowest BCUT2D eigenvalue weighted by atomic mass is 9.90. The summed E-state index contributed by atoms with van der Waals surface area (Å²) in [6.45, 7) is 8.00. The molecular formula is C11H24ClN3. The number of hydrogen-bond acceptors (Lipinski definition) is 3. The molecule has 0 radical (unpaired) electrons. The zero-order valence-electron chi connectivity index (χ0n) is 9.67. The molecule has 2 unspecified atom stereocenters. The molecule has 4 heteroatoms. The topological polar surface area (TPSA) is 41.3 Å². The molecule has 0 aliphatic carbocycles. The van der Waals surface area contributed by atoms with Crippen molar-refractivity contribution >= 4 is 12.4 Å². The third-order valence-electron chi connectivity index (χ3n) is 3.87. The molecule has 2 fully saturated rings. The molecule has 2 saturated heterocycles. The highest BCUT2D eigenvalue weighted by molar-refractivity contribution is 5.85. The van der Waals surface area contributed by atoms with Crippen molar-refractivity contribution < 1.29 is 0 Å². The third-order valence-corrected chi connectivity index (χ3v) is 3.87. The normalized spacial score (nSPS) is 37.6. The molecule has 2 aliphatic rings.